The zero-order valence-corrected chi connectivity index (χ0v) is 11.9. The maximum absolute atomic E-state index is 12.0. The van der Waals surface area contributed by atoms with Crippen LogP contribution in [-0.4, -0.2) is 40.8 Å². The highest BCUT2D eigenvalue weighted by Crippen LogP contribution is 2.18. The number of rotatable bonds is 5. The summed E-state index contributed by atoms with van der Waals surface area (Å²) >= 11 is 1.37. The van der Waals surface area contributed by atoms with Crippen molar-refractivity contribution in [2.75, 3.05) is 13.1 Å². The average molecular weight is 295 g/mol. The number of amides is 1. The Kier molecular flexibility index (Phi) is 4.89. The van der Waals surface area contributed by atoms with E-state index >= 15 is 0 Å². The molecule has 0 bridgehead atoms. The number of Topliss-reactive ketones (excluding diaryl/α,β-unsaturated/α-hetero) is 1. The fraction of sp³-hybridized carbons (Fsp3) is 0.500. The summed E-state index contributed by atoms with van der Waals surface area (Å²) < 4.78 is 0. The van der Waals surface area contributed by atoms with Crippen molar-refractivity contribution in [2.45, 2.75) is 25.7 Å². The van der Waals surface area contributed by atoms with Crippen LogP contribution in [0, 0.1) is 5.92 Å². The first-order chi connectivity index (χ1) is 9.58. The molecule has 20 heavy (non-hydrogen) atoms. The number of hydrogen-bond donors (Lipinski definition) is 1. The Labute approximate surface area is 121 Å². The molecule has 2 heterocycles. The Bertz CT molecular complexity index is 497. The summed E-state index contributed by atoms with van der Waals surface area (Å²) in [6.45, 7) is 0.858. The van der Waals surface area contributed by atoms with Crippen LogP contribution in [-0.2, 0) is 9.59 Å². The number of carbonyl (C=O) groups is 3. The van der Waals surface area contributed by atoms with Gasteiger partial charge in [0.15, 0.2) is 5.78 Å². The lowest BCUT2D eigenvalue weighted by atomic mass is 9.98. The van der Waals surface area contributed by atoms with Crippen LogP contribution >= 0.6 is 11.3 Å². The molecule has 1 amide bonds. The number of piperidine rings is 1. The molecule has 1 atom stereocenters. The molecule has 5 nitrogen and oxygen atoms in total. The van der Waals surface area contributed by atoms with Crippen LogP contribution in [0.1, 0.15) is 35.4 Å². The van der Waals surface area contributed by atoms with Gasteiger partial charge in [-0.25, -0.2) is 0 Å². The van der Waals surface area contributed by atoms with Crippen molar-refractivity contribution in [3.63, 3.8) is 0 Å². The van der Waals surface area contributed by atoms with Crippen LogP contribution in [0.4, 0.5) is 0 Å². The first kappa shape index (κ1) is 14.7. The quantitative estimate of drug-likeness (QED) is 0.843. The summed E-state index contributed by atoms with van der Waals surface area (Å²) in [6.07, 6.45) is 1.67. The van der Waals surface area contributed by atoms with E-state index in [0.717, 1.165) is 0 Å². The van der Waals surface area contributed by atoms with Gasteiger partial charge in [0.1, 0.15) is 0 Å². The normalized spacial score (nSPS) is 18.8. The van der Waals surface area contributed by atoms with Gasteiger partial charge in [0.25, 0.3) is 0 Å². The molecule has 1 fully saturated rings. The molecule has 0 radical (unpaired) electrons. The van der Waals surface area contributed by atoms with Gasteiger partial charge in [0, 0.05) is 25.9 Å². The molecule has 0 aromatic carbocycles. The second-order valence-corrected chi connectivity index (χ2v) is 5.87. The van der Waals surface area contributed by atoms with Crippen molar-refractivity contribution in [3.05, 3.63) is 22.4 Å². The molecular weight excluding hydrogens is 278 g/mol. The predicted molar refractivity (Wildman–Crippen MR) is 74.8 cm³/mol. The third kappa shape index (κ3) is 3.66. The smallest absolute Gasteiger partial charge is 0.308 e. The first-order valence-electron chi connectivity index (χ1n) is 6.65. The number of carboxylic acids is 1. The maximum Gasteiger partial charge on any atom is 0.308 e. The number of likely N-dealkylation sites (tertiary alicyclic amines) is 1. The third-order valence-corrected chi connectivity index (χ3v) is 4.40. The van der Waals surface area contributed by atoms with Crippen molar-refractivity contribution < 1.29 is 19.5 Å². The van der Waals surface area contributed by atoms with Gasteiger partial charge < -0.3 is 10.0 Å². The second-order valence-electron chi connectivity index (χ2n) is 4.92. The van der Waals surface area contributed by atoms with Crippen LogP contribution in [0.15, 0.2) is 17.5 Å². The lowest BCUT2D eigenvalue weighted by molar-refractivity contribution is -0.145. The average Bonchev–Trinajstić information content (AvgIpc) is 2.98. The zero-order chi connectivity index (χ0) is 14.5. The fourth-order valence-corrected chi connectivity index (χ4v) is 3.04. The van der Waals surface area contributed by atoms with E-state index in [1.807, 2.05) is 11.4 Å². The van der Waals surface area contributed by atoms with E-state index in [4.69, 9.17) is 5.11 Å². The summed E-state index contributed by atoms with van der Waals surface area (Å²) in [6, 6.07) is 3.56. The maximum atomic E-state index is 12.0. The summed E-state index contributed by atoms with van der Waals surface area (Å²) in [5.41, 5.74) is 0. The molecule has 1 saturated heterocycles. The van der Waals surface area contributed by atoms with Gasteiger partial charge in [-0.2, -0.15) is 0 Å². The number of ketones is 1. The van der Waals surface area contributed by atoms with Crippen LogP contribution in [0.2, 0.25) is 0 Å². The zero-order valence-electron chi connectivity index (χ0n) is 11.1. The molecule has 2 rings (SSSR count). The summed E-state index contributed by atoms with van der Waals surface area (Å²) in [7, 11) is 0. The van der Waals surface area contributed by atoms with Crippen molar-refractivity contribution >= 4 is 29.0 Å². The molecule has 108 valence electrons. The minimum absolute atomic E-state index is 0.0276. The minimum Gasteiger partial charge on any atom is -0.481 e. The molecular formula is C14H17NO4S. The largest absolute Gasteiger partial charge is 0.481 e. The van der Waals surface area contributed by atoms with Gasteiger partial charge in [0.05, 0.1) is 10.8 Å². The van der Waals surface area contributed by atoms with Gasteiger partial charge in [-0.05, 0) is 24.3 Å². The Morgan fingerprint density at radius 1 is 1.35 bits per heavy atom. The monoisotopic (exact) mass is 295 g/mol. The number of nitrogens with zero attached hydrogens (tertiary/aromatic N) is 1. The van der Waals surface area contributed by atoms with Gasteiger partial charge in [-0.3, -0.25) is 14.4 Å². The Hall–Kier alpha value is -1.69. The van der Waals surface area contributed by atoms with Crippen LogP contribution < -0.4 is 0 Å². The number of thiophene rings is 1. The van der Waals surface area contributed by atoms with Crippen molar-refractivity contribution in [1.29, 1.82) is 0 Å². The van der Waals surface area contributed by atoms with Gasteiger partial charge in [0.2, 0.25) is 5.91 Å². The third-order valence-electron chi connectivity index (χ3n) is 3.49. The van der Waals surface area contributed by atoms with E-state index in [0.29, 0.717) is 24.3 Å². The molecule has 1 N–H and O–H groups in total. The van der Waals surface area contributed by atoms with E-state index in [9.17, 15) is 14.4 Å². The number of carbonyl (C=O) groups excluding carboxylic acids is 2. The van der Waals surface area contributed by atoms with Crippen molar-refractivity contribution in [1.82, 2.24) is 4.90 Å². The van der Waals surface area contributed by atoms with Crippen molar-refractivity contribution in [3.8, 4) is 0 Å². The Morgan fingerprint density at radius 3 is 2.80 bits per heavy atom. The lowest BCUT2D eigenvalue weighted by Crippen LogP contribution is -2.42. The van der Waals surface area contributed by atoms with Crippen LogP contribution in [0.5, 0.6) is 0 Å². The first-order valence-corrected chi connectivity index (χ1v) is 7.53. The molecule has 0 saturated carbocycles. The SMILES string of the molecule is O=C(CCC(=O)N1CCC[C@H](C(=O)O)C1)c1cccs1. The van der Waals surface area contributed by atoms with Gasteiger partial charge in [-0.1, -0.05) is 6.07 Å². The van der Waals surface area contributed by atoms with E-state index in [2.05, 4.69) is 0 Å². The standard InChI is InChI=1S/C14H17NO4S/c16-11(12-4-2-8-20-12)5-6-13(17)15-7-1-3-10(9-15)14(18)19/h2,4,8,10H,1,3,5-7,9H2,(H,18,19)/t10-/m0/s1. The minimum atomic E-state index is -0.850. The van der Waals surface area contributed by atoms with E-state index in [-0.39, 0.29) is 31.1 Å². The van der Waals surface area contributed by atoms with Crippen LogP contribution in [0.3, 0.4) is 0 Å². The lowest BCUT2D eigenvalue weighted by Gasteiger charge is -2.30. The van der Waals surface area contributed by atoms with Gasteiger partial charge >= 0.3 is 5.97 Å². The van der Waals surface area contributed by atoms with Crippen LogP contribution in [0.25, 0.3) is 0 Å². The highest BCUT2D eigenvalue weighted by atomic mass is 32.1. The van der Waals surface area contributed by atoms with Gasteiger partial charge in [-0.15, -0.1) is 11.3 Å². The number of aliphatic carboxylic acids is 1. The summed E-state index contributed by atoms with van der Waals surface area (Å²) in [5, 5.41) is 10.8. The highest BCUT2D eigenvalue weighted by molar-refractivity contribution is 7.12. The van der Waals surface area contributed by atoms with Crippen molar-refractivity contribution in [2.24, 2.45) is 5.92 Å². The Balaban J connectivity index is 1.82. The second kappa shape index (κ2) is 6.65. The Morgan fingerprint density at radius 2 is 2.15 bits per heavy atom. The number of carboxylic acid groups (broad SMARTS) is 1. The molecule has 1 aromatic heterocycles. The highest BCUT2D eigenvalue weighted by Gasteiger charge is 2.28. The molecule has 6 heteroatoms. The molecule has 1 aliphatic heterocycles. The summed E-state index contributed by atoms with van der Waals surface area (Å²) in [4.78, 5) is 37.0. The van der Waals surface area contributed by atoms with E-state index < -0.39 is 11.9 Å². The molecule has 1 aromatic rings. The molecule has 1 aliphatic rings. The van der Waals surface area contributed by atoms with E-state index in [1.165, 1.54) is 11.3 Å². The fourth-order valence-electron chi connectivity index (χ4n) is 2.34. The number of hydrogen-bond acceptors (Lipinski definition) is 4. The molecule has 0 spiro atoms. The summed E-state index contributed by atoms with van der Waals surface area (Å²) in [5.74, 6) is -1.47. The predicted octanol–water partition coefficient (Wildman–Crippen LogP) is 2.03. The topological polar surface area (TPSA) is 74.7 Å². The van der Waals surface area contributed by atoms with E-state index in [1.54, 1.807) is 11.0 Å². The molecule has 0 aliphatic carbocycles. The molecule has 0 unspecified atom stereocenters.